The number of likely N-dealkylation sites (tertiary alicyclic amines) is 1. The monoisotopic (exact) mass is 573 g/mol. The second kappa shape index (κ2) is 14.0. The summed E-state index contributed by atoms with van der Waals surface area (Å²) in [5.74, 6) is -0.358. The van der Waals surface area contributed by atoms with Crippen molar-refractivity contribution in [2.45, 2.75) is 26.2 Å². The van der Waals surface area contributed by atoms with Gasteiger partial charge in [-0.15, -0.1) is 0 Å². The molecule has 1 saturated heterocycles. The van der Waals surface area contributed by atoms with Crippen LogP contribution in [0.25, 0.3) is 0 Å². The number of hydrogen-bond acceptors (Lipinski definition) is 5. The molecule has 11 heteroatoms. The Kier molecular flexibility index (Phi) is 9.99. The van der Waals surface area contributed by atoms with Gasteiger partial charge in [0.15, 0.2) is 0 Å². The quantitative estimate of drug-likeness (QED) is 0.241. The van der Waals surface area contributed by atoms with E-state index in [2.05, 4.69) is 21.3 Å². The topological polar surface area (TPSA) is 149 Å². The van der Waals surface area contributed by atoms with E-state index in [-0.39, 0.29) is 30.7 Å². The van der Waals surface area contributed by atoms with Crippen LogP contribution in [0.1, 0.15) is 23.1 Å². The third-order valence-electron chi connectivity index (χ3n) is 7.02. The summed E-state index contributed by atoms with van der Waals surface area (Å²) in [6, 6.07) is 18.6. The van der Waals surface area contributed by atoms with Gasteiger partial charge in [-0.3, -0.25) is 9.59 Å². The second-order valence-electron chi connectivity index (χ2n) is 10.2. The number of hydrogen-bond donors (Lipinski definition) is 5. The van der Waals surface area contributed by atoms with Crippen molar-refractivity contribution < 1.29 is 29.0 Å². The number of carboxylic acids is 1. The molecule has 42 heavy (non-hydrogen) atoms. The first-order chi connectivity index (χ1) is 20.2. The lowest BCUT2D eigenvalue weighted by Crippen LogP contribution is -2.35. The largest absolute Gasteiger partial charge is 0.495 e. The van der Waals surface area contributed by atoms with Gasteiger partial charge < -0.3 is 36.0 Å². The summed E-state index contributed by atoms with van der Waals surface area (Å²) in [5, 5.41) is 20.1. The van der Waals surface area contributed by atoms with E-state index in [1.54, 1.807) is 47.4 Å². The molecule has 3 aromatic rings. The Labute approximate surface area is 244 Å². The number of ether oxygens (including phenoxy) is 1. The van der Waals surface area contributed by atoms with Crippen LogP contribution >= 0.6 is 0 Å². The van der Waals surface area contributed by atoms with E-state index in [0.29, 0.717) is 48.0 Å². The molecular formula is C31H35N5O6. The molecule has 0 radical (unpaired) electrons. The first-order valence-electron chi connectivity index (χ1n) is 13.6. The maximum atomic E-state index is 13.0. The summed E-state index contributed by atoms with van der Waals surface area (Å²) in [7, 11) is 1.51. The summed E-state index contributed by atoms with van der Waals surface area (Å²) in [6.07, 6.45) is 0.885. The minimum Gasteiger partial charge on any atom is -0.495 e. The van der Waals surface area contributed by atoms with E-state index in [1.807, 2.05) is 31.2 Å². The summed E-state index contributed by atoms with van der Waals surface area (Å²) < 4.78 is 5.47. The standard InChI is InChI=1S/C31H35N5O6/c1-20-5-3-4-6-25(20)34-31(41)35-26-12-9-22(15-27(26)42-2)16-28(37)36-14-13-23(19-36)18-32-30(40)33-24-10-7-21(8-11-24)17-29(38)39/h3-12,15,23H,13-14,16-19H2,1-2H3,(H,38,39)(H2,32,33,40)(H2,34,35,41). The van der Waals surface area contributed by atoms with Crippen molar-refractivity contribution in [3.63, 3.8) is 0 Å². The molecule has 1 aliphatic rings. The number of benzene rings is 3. The fourth-order valence-corrected chi connectivity index (χ4v) is 4.74. The highest BCUT2D eigenvalue weighted by atomic mass is 16.5. The van der Waals surface area contributed by atoms with Crippen LogP contribution in [0.4, 0.5) is 26.7 Å². The van der Waals surface area contributed by atoms with Gasteiger partial charge in [0.05, 0.1) is 25.6 Å². The number of aliphatic carboxylic acids is 1. The molecule has 4 rings (SSSR count). The highest BCUT2D eigenvalue weighted by molar-refractivity contribution is 6.01. The lowest BCUT2D eigenvalue weighted by atomic mass is 10.1. The SMILES string of the molecule is COc1cc(CC(=O)N2CCC(CNC(=O)Nc3ccc(CC(=O)O)cc3)C2)ccc1NC(=O)Nc1ccccc1C. The van der Waals surface area contributed by atoms with Gasteiger partial charge >= 0.3 is 18.0 Å². The lowest BCUT2D eigenvalue weighted by molar-refractivity contribution is -0.136. The summed E-state index contributed by atoms with van der Waals surface area (Å²) >= 11 is 0. The van der Waals surface area contributed by atoms with Crippen LogP contribution in [0.2, 0.25) is 0 Å². The molecule has 1 atom stereocenters. The van der Waals surface area contributed by atoms with Gasteiger partial charge in [0, 0.05) is 31.0 Å². The number of rotatable bonds is 10. The second-order valence-corrected chi connectivity index (χ2v) is 10.2. The maximum Gasteiger partial charge on any atom is 0.323 e. The van der Waals surface area contributed by atoms with Gasteiger partial charge in [-0.1, -0.05) is 36.4 Å². The predicted octanol–water partition coefficient (Wildman–Crippen LogP) is 4.49. The third-order valence-corrected chi connectivity index (χ3v) is 7.02. The van der Waals surface area contributed by atoms with E-state index in [0.717, 1.165) is 17.5 Å². The van der Waals surface area contributed by atoms with Gasteiger partial charge in [-0.05, 0) is 66.3 Å². The molecule has 3 aromatic carbocycles. The lowest BCUT2D eigenvalue weighted by Gasteiger charge is -2.18. The average molecular weight is 574 g/mol. The molecule has 0 spiro atoms. The Bertz CT molecular complexity index is 1440. The number of nitrogens with zero attached hydrogens (tertiary/aromatic N) is 1. The van der Waals surface area contributed by atoms with E-state index in [4.69, 9.17) is 9.84 Å². The maximum absolute atomic E-state index is 13.0. The number of methoxy groups -OCH3 is 1. The van der Waals surface area contributed by atoms with E-state index >= 15 is 0 Å². The zero-order chi connectivity index (χ0) is 30.1. The Morgan fingerprint density at radius 3 is 2.31 bits per heavy atom. The van der Waals surface area contributed by atoms with Crippen molar-refractivity contribution in [1.82, 2.24) is 10.2 Å². The number of carbonyl (C=O) groups excluding carboxylic acids is 3. The van der Waals surface area contributed by atoms with Crippen molar-refractivity contribution in [3.8, 4) is 5.75 Å². The van der Waals surface area contributed by atoms with E-state index < -0.39 is 12.0 Å². The van der Waals surface area contributed by atoms with Crippen molar-refractivity contribution >= 4 is 41.0 Å². The van der Waals surface area contributed by atoms with Crippen molar-refractivity contribution in [2.75, 3.05) is 42.7 Å². The van der Waals surface area contributed by atoms with Crippen LogP contribution in [-0.4, -0.2) is 60.7 Å². The number of anilines is 3. The molecule has 0 aromatic heterocycles. The molecule has 0 aliphatic carbocycles. The van der Waals surface area contributed by atoms with Gasteiger partial charge in [0.1, 0.15) is 5.75 Å². The van der Waals surface area contributed by atoms with Crippen molar-refractivity contribution in [2.24, 2.45) is 5.92 Å². The van der Waals surface area contributed by atoms with Crippen LogP contribution in [0.15, 0.2) is 66.7 Å². The highest BCUT2D eigenvalue weighted by Crippen LogP contribution is 2.27. The van der Waals surface area contributed by atoms with E-state index in [1.165, 1.54) is 7.11 Å². The molecule has 5 N–H and O–H groups in total. The van der Waals surface area contributed by atoms with E-state index in [9.17, 15) is 19.2 Å². The van der Waals surface area contributed by atoms with Gasteiger partial charge in [0.25, 0.3) is 0 Å². The Balaban J connectivity index is 1.23. The number of carboxylic acid groups (broad SMARTS) is 1. The van der Waals surface area contributed by atoms with Crippen LogP contribution in [-0.2, 0) is 22.4 Å². The number of carbonyl (C=O) groups is 4. The first-order valence-corrected chi connectivity index (χ1v) is 13.6. The fraction of sp³-hybridized carbons (Fsp3) is 0.290. The molecule has 220 valence electrons. The van der Waals surface area contributed by atoms with Crippen molar-refractivity contribution in [3.05, 3.63) is 83.4 Å². The predicted molar refractivity (Wildman–Crippen MR) is 160 cm³/mol. The van der Waals surface area contributed by atoms with Crippen molar-refractivity contribution in [1.29, 1.82) is 0 Å². The first kappa shape index (κ1) is 29.9. The van der Waals surface area contributed by atoms with Crippen LogP contribution in [0.3, 0.4) is 0 Å². The molecule has 0 bridgehead atoms. The number of amides is 5. The van der Waals surface area contributed by atoms with Gasteiger partial charge in [0.2, 0.25) is 5.91 Å². The van der Waals surface area contributed by atoms with Crippen LogP contribution < -0.4 is 26.0 Å². The van der Waals surface area contributed by atoms with Gasteiger partial charge in [-0.25, -0.2) is 9.59 Å². The molecule has 1 aliphatic heterocycles. The molecule has 11 nitrogen and oxygen atoms in total. The smallest absolute Gasteiger partial charge is 0.323 e. The number of para-hydroxylation sites is 1. The molecule has 1 heterocycles. The fourth-order valence-electron chi connectivity index (χ4n) is 4.74. The molecule has 0 saturated carbocycles. The zero-order valence-corrected chi connectivity index (χ0v) is 23.6. The summed E-state index contributed by atoms with van der Waals surface area (Å²) in [5.41, 5.74) is 4.11. The van der Waals surface area contributed by atoms with Crippen LogP contribution in [0, 0.1) is 12.8 Å². The molecule has 1 unspecified atom stereocenters. The van der Waals surface area contributed by atoms with Gasteiger partial charge in [-0.2, -0.15) is 0 Å². The molecular weight excluding hydrogens is 538 g/mol. The Hall–Kier alpha value is -5.06. The number of nitrogens with one attached hydrogen (secondary N) is 4. The summed E-state index contributed by atoms with van der Waals surface area (Å²) in [6.45, 7) is 3.48. The Morgan fingerprint density at radius 1 is 0.881 bits per heavy atom. The third kappa shape index (κ3) is 8.47. The average Bonchev–Trinajstić information content (AvgIpc) is 3.44. The van der Waals surface area contributed by atoms with Crippen LogP contribution in [0.5, 0.6) is 5.75 Å². The number of urea groups is 2. The zero-order valence-electron chi connectivity index (χ0n) is 23.6. The normalized spacial score (nSPS) is 14.1. The summed E-state index contributed by atoms with van der Waals surface area (Å²) in [4.78, 5) is 50.4. The molecule has 1 fully saturated rings. The minimum absolute atomic E-state index is 0.0246. The molecule has 5 amide bonds. The minimum atomic E-state index is -0.914. The highest BCUT2D eigenvalue weighted by Gasteiger charge is 2.26. The Morgan fingerprint density at radius 2 is 1.60 bits per heavy atom. The number of aryl methyl sites for hydroxylation is 1.